The standard InChI is InChI=1S/C16H26N2O2/c1-3-4-5-6-7-8-12(2)13-9-10-15(19)14(11-13)16(20)18-17/h9-12,19H,3-8,17H2,1-2H3,(H,18,20). The summed E-state index contributed by atoms with van der Waals surface area (Å²) in [5, 5.41) is 9.68. The molecule has 20 heavy (non-hydrogen) atoms. The largest absolute Gasteiger partial charge is 0.507 e. The highest BCUT2D eigenvalue weighted by molar-refractivity contribution is 5.96. The lowest BCUT2D eigenvalue weighted by molar-refractivity contribution is 0.0951. The smallest absolute Gasteiger partial charge is 0.268 e. The van der Waals surface area contributed by atoms with E-state index in [0.717, 1.165) is 12.0 Å². The van der Waals surface area contributed by atoms with Gasteiger partial charge in [-0.2, -0.15) is 0 Å². The molecule has 1 rings (SSSR count). The molecular weight excluding hydrogens is 252 g/mol. The van der Waals surface area contributed by atoms with Crippen LogP contribution in [-0.2, 0) is 0 Å². The van der Waals surface area contributed by atoms with Gasteiger partial charge in [-0.25, -0.2) is 5.84 Å². The Hall–Kier alpha value is -1.55. The summed E-state index contributed by atoms with van der Waals surface area (Å²) in [6.07, 6.45) is 7.39. The third-order valence-electron chi connectivity index (χ3n) is 3.71. The van der Waals surface area contributed by atoms with Crippen molar-refractivity contribution in [1.29, 1.82) is 0 Å². The predicted molar refractivity (Wildman–Crippen MR) is 81.6 cm³/mol. The number of carbonyl (C=O) groups excluding carboxylic acids is 1. The number of unbranched alkanes of at least 4 members (excludes halogenated alkanes) is 4. The lowest BCUT2D eigenvalue weighted by atomic mass is 9.93. The maximum atomic E-state index is 11.5. The first kappa shape index (κ1) is 16.5. The molecule has 4 N–H and O–H groups in total. The summed E-state index contributed by atoms with van der Waals surface area (Å²) < 4.78 is 0. The van der Waals surface area contributed by atoms with Crippen LogP contribution < -0.4 is 11.3 Å². The number of phenolic OH excluding ortho intramolecular Hbond substituents is 1. The van der Waals surface area contributed by atoms with Gasteiger partial charge in [0.2, 0.25) is 0 Å². The number of aromatic hydroxyl groups is 1. The SMILES string of the molecule is CCCCCCCC(C)c1ccc(O)c(C(=O)NN)c1. The van der Waals surface area contributed by atoms with Gasteiger partial charge >= 0.3 is 0 Å². The van der Waals surface area contributed by atoms with Crippen LogP contribution in [0.25, 0.3) is 0 Å². The first-order chi connectivity index (χ1) is 9.60. The molecule has 112 valence electrons. The highest BCUT2D eigenvalue weighted by Crippen LogP contribution is 2.27. The monoisotopic (exact) mass is 278 g/mol. The number of phenols is 1. The summed E-state index contributed by atoms with van der Waals surface area (Å²) in [5.74, 6) is 5.00. The topological polar surface area (TPSA) is 75.3 Å². The van der Waals surface area contributed by atoms with E-state index < -0.39 is 5.91 Å². The van der Waals surface area contributed by atoms with Crippen molar-refractivity contribution in [2.75, 3.05) is 0 Å². The Morgan fingerprint density at radius 1 is 1.30 bits per heavy atom. The van der Waals surface area contributed by atoms with Crippen molar-refractivity contribution in [1.82, 2.24) is 5.43 Å². The minimum Gasteiger partial charge on any atom is -0.507 e. The van der Waals surface area contributed by atoms with Gasteiger partial charge < -0.3 is 5.11 Å². The Morgan fingerprint density at radius 3 is 2.65 bits per heavy atom. The lowest BCUT2D eigenvalue weighted by Gasteiger charge is -2.13. The Bertz CT molecular complexity index is 432. The number of rotatable bonds is 8. The molecule has 0 spiro atoms. The van der Waals surface area contributed by atoms with E-state index >= 15 is 0 Å². The summed E-state index contributed by atoms with van der Waals surface area (Å²) in [7, 11) is 0. The molecule has 0 aliphatic carbocycles. The zero-order chi connectivity index (χ0) is 15.0. The third kappa shape index (κ3) is 4.85. The molecule has 0 fully saturated rings. The Labute approximate surface area is 121 Å². The van der Waals surface area contributed by atoms with Crippen molar-refractivity contribution in [2.45, 2.75) is 58.3 Å². The molecule has 0 saturated carbocycles. The van der Waals surface area contributed by atoms with Gasteiger partial charge in [0.15, 0.2) is 0 Å². The van der Waals surface area contributed by atoms with Crippen LogP contribution in [-0.4, -0.2) is 11.0 Å². The quantitative estimate of drug-likeness (QED) is 0.295. The molecule has 0 aliphatic heterocycles. The van der Waals surface area contributed by atoms with Crippen LogP contribution in [0.2, 0.25) is 0 Å². The van der Waals surface area contributed by atoms with Gasteiger partial charge in [-0.3, -0.25) is 10.2 Å². The fourth-order valence-corrected chi connectivity index (χ4v) is 2.34. The zero-order valence-corrected chi connectivity index (χ0v) is 12.5. The van der Waals surface area contributed by atoms with Gasteiger partial charge in [-0.1, -0.05) is 52.0 Å². The highest BCUT2D eigenvalue weighted by Gasteiger charge is 2.13. The van der Waals surface area contributed by atoms with Crippen molar-refractivity contribution in [3.8, 4) is 5.75 Å². The normalized spacial score (nSPS) is 12.2. The number of nitrogen functional groups attached to an aromatic ring is 1. The van der Waals surface area contributed by atoms with Crippen LogP contribution in [0.1, 0.15) is 74.2 Å². The van der Waals surface area contributed by atoms with Crippen molar-refractivity contribution in [3.63, 3.8) is 0 Å². The zero-order valence-electron chi connectivity index (χ0n) is 12.5. The maximum Gasteiger partial charge on any atom is 0.268 e. The number of nitrogens with one attached hydrogen (secondary N) is 1. The summed E-state index contributed by atoms with van der Waals surface area (Å²) in [6, 6.07) is 5.17. The fraction of sp³-hybridized carbons (Fsp3) is 0.562. The lowest BCUT2D eigenvalue weighted by Crippen LogP contribution is -2.30. The van der Waals surface area contributed by atoms with Crippen LogP contribution >= 0.6 is 0 Å². The summed E-state index contributed by atoms with van der Waals surface area (Å²) >= 11 is 0. The molecule has 0 saturated heterocycles. The number of hydrogen-bond donors (Lipinski definition) is 3. The second-order valence-electron chi connectivity index (χ2n) is 5.35. The molecule has 0 aliphatic rings. The van der Waals surface area contributed by atoms with Crippen LogP contribution in [0, 0.1) is 0 Å². The van der Waals surface area contributed by atoms with Crippen LogP contribution in [0.5, 0.6) is 5.75 Å². The van der Waals surface area contributed by atoms with E-state index in [-0.39, 0.29) is 11.3 Å². The van der Waals surface area contributed by atoms with Gasteiger partial charge in [0, 0.05) is 0 Å². The van der Waals surface area contributed by atoms with Crippen molar-refractivity contribution >= 4 is 5.91 Å². The second-order valence-corrected chi connectivity index (χ2v) is 5.35. The van der Waals surface area contributed by atoms with Gasteiger partial charge in [0.05, 0.1) is 5.56 Å². The molecule has 1 amide bonds. The minimum absolute atomic E-state index is 0.0353. The van der Waals surface area contributed by atoms with E-state index in [1.807, 2.05) is 6.07 Å². The number of amides is 1. The number of carbonyl (C=O) groups is 1. The number of benzene rings is 1. The van der Waals surface area contributed by atoms with Crippen molar-refractivity contribution in [3.05, 3.63) is 29.3 Å². The van der Waals surface area contributed by atoms with Gasteiger partial charge in [0.1, 0.15) is 5.75 Å². The molecule has 1 aromatic rings. The Morgan fingerprint density at radius 2 is 2.00 bits per heavy atom. The van der Waals surface area contributed by atoms with Crippen LogP contribution in [0.4, 0.5) is 0 Å². The molecule has 0 heterocycles. The van der Waals surface area contributed by atoms with Gasteiger partial charge in [0.25, 0.3) is 5.91 Å². The Balaban J connectivity index is 2.59. The molecule has 0 bridgehead atoms. The van der Waals surface area contributed by atoms with E-state index in [9.17, 15) is 9.90 Å². The number of hydrazine groups is 1. The van der Waals surface area contributed by atoms with Crippen molar-refractivity contribution in [2.24, 2.45) is 5.84 Å². The summed E-state index contributed by atoms with van der Waals surface area (Å²) in [6.45, 7) is 4.36. The molecule has 1 unspecified atom stereocenters. The van der Waals surface area contributed by atoms with E-state index in [4.69, 9.17) is 5.84 Å². The van der Waals surface area contributed by atoms with Gasteiger partial charge in [-0.15, -0.1) is 0 Å². The molecule has 0 aromatic heterocycles. The van der Waals surface area contributed by atoms with E-state index in [1.54, 1.807) is 12.1 Å². The Kier molecular flexibility index (Phi) is 7.09. The summed E-state index contributed by atoms with van der Waals surface area (Å²) in [4.78, 5) is 11.5. The molecular formula is C16H26N2O2. The molecule has 1 aromatic carbocycles. The average Bonchev–Trinajstić information content (AvgIpc) is 2.46. The van der Waals surface area contributed by atoms with E-state index in [0.29, 0.717) is 5.92 Å². The first-order valence-electron chi connectivity index (χ1n) is 7.44. The third-order valence-corrected chi connectivity index (χ3v) is 3.71. The molecule has 4 nitrogen and oxygen atoms in total. The van der Waals surface area contributed by atoms with E-state index in [1.165, 1.54) is 32.1 Å². The maximum absolute atomic E-state index is 11.5. The fourth-order valence-electron chi connectivity index (χ4n) is 2.34. The van der Waals surface area contributed by atoms with Crippen LogP contribution in [0.3, 0.4) is 0 Å². The molecule has 0 radical (unpaired) electrons. The van der Waals surface area contributed by atoms with E-state index in [2.05, 4.69) is 19.3 Å². The number of hydrogen-bond acceptors (Lipinski definition) is 3. The first-order valence-corrected chi connectivity index (χ1v) is 7.44. The molecule has 1 atom stereocenters. The highest BCUT2D eigenvalue weighted by atomic mass is 16.3. The van der Waals surface area contributed by atoms with Crippen molar-refractivity contribution < 1.29 is 9.90 Å². The predicted octanol–water partition coefficient (Wildman–Crippen LogP) is 3.46. The average molecular weight is 278 g/mol. The van der Waals surface area contributed by atoms with Crippen LogP contribution in [0.15, 0.2) is 18.2 Å². The van der Waals surface area contributed by atoms with Gasteiger partial charge in [-0.05, 0) is 30.0 Å². The summed E-state index contributed by atoms with van der Waals surface area (Å²) in [5.41, 5.74) is 3.36. The second kappa shape index (κ2) is 8.59. The number of nitrogens with two attached hydrogens (primary N) is 1. The molecule has 4 heteroatoms. The minimum atomic E-state index is -0.459.